The summed E-state index contributed by atoms with van der Waals surface area (Å²) in [6, 6.07) is 12.8. The van der Waals surface area contributed by atoms with Gasteiger partial charge in [0, 0.05) is 12.1 Å². The van der Waals surface area contributed by atoms with Crippen LogP contribution in [0.5, 0.6) is 17.4 Å². The zero-order chi connectivity index (χ0) is 19.8. The van der Waals surface area contributed by atoms with Crippen molar-refractivity contribution in [3.63, 3.8) is 0 Å². The van der Waals surface area contributed by atoms with E-state index in [1.165, 1.54) is 35.6 Å². The number of non-ortho nitro benzene ring substituents is 1. The van der Waals surface area contributed by atoms with E-state index in [1.54, 1.807) is 23.6 Å². The number of nitrogens with one attached hydrogen (secondary N) is 1. The summed E-state index contributed by atoms with van der Waals surface area (Å²) >= 11 is 1.33. The fourth-order valence-electron chi connectivity index (χ4n) is 2.70. The van der Waals surface area contributed by atoms with Crippen LogP contribution in [0.15, 0.2) is 42.5 Å². The van der Waals surface area contributed by atoms with Crippen molar-refractivity contribution >= 4 is 32.2 Å². The van der Waals surface area contributed by atoms with Crippen LogP contribution >= 0.6 is 11.3 Å². The SMILES string of the molecule is COc1ccc2c(c1)sc1nc(Oc3ccc([N+](=O)[O-])cc3)c(C#N)c(=N)n12. The Kier molecular flexibility index (Phi) is 4.14. The fraction of sp³-hybridized carbons (Fsp3) is 0.0556. The van der Waals surface area contributed by atoms with E-state index >= 15 is 0 Å². The van der Waals surface area contributed by atoms with Gasteiger partial charge in [-0.1, -0.05) is 11.3 Å². The summed E-state index contributed by atoms with van der Waals surface area (Å²) in [5.74, 6) is 0.926. The number of benzene rings is 2. The van der Waals surface area contributed by atoms with Gasteiger partial charge >= 0.3 is 0 Å². The largest absolute Gasteiger partial charge is 0.497 e. The first kappa shape index (κ1) is 17.4. The number of thiazole rings is 1. The predicted octanol–water partition coefficient (Wildman–Crippen LogP) is 3.61. The van der Waals surface area contributed by atoms with Crippen LogP contribution in [-0.4, -0.2) is 21.4 Å². The van der Waals surface area contributed by atoms with Gasteiger partial charge in [0.25, 0.3) is 5.69 Å². The molecular weight excluding hydrogens is 382 g/mol. The molecular formula is C18H11N5O4S. The van der Waals surface area contributed by atoms with Crippen molar-refractivity contribution in [3.05, 3.63) is 63.6 Å². The molecule has 0 aliphatic rings. The molecule has 138 valence electrons. The van der Waals surface area contributed by atoms with Gasteiger partial charge in [-0.15, -0.1) is 0 Å². The molecule has 0 atom stereocenters. The van der Waals surface area contributed by atoms with Crippen molar-refractivity contribution in [2.45, 2.75) is 0 Å². The number of nitro groups is 1. The lowest BCUT2D eigenvalue weighted by molar-refractivity contribution is -0.384. The molecule has 2 heterocycles. The number of aromatic nitrogens is 2. The first-order chi connectivity index (χ1) is 13.5. The van der Waals surface area contributed by atoms with Gasteiger partial charge in [0.2, 0.25) is 5.88 Å². The molecule has 0 aliphatic heterocycles. The Morgan fingerprint density at radius 2 is 1.96 bits per heavy atom. The maximum atomic E-state index is 10.8. The lowest BCUT2D eigenvalue weighted by Gasteiger charge is -2.07. The monoisotopic (exact) mass is 393 g/mol. The first-order valence-electron chi connectivity index (χ1n) is 7.92. The van der Waals surface area contributed by atoms with Gasteiger partial charge in [0.1, 0.15) is 17.6 Å². The highest BCUT2D eigenvalue weighted by atomic mass is 32.1. The molecule has 0 saturated carbocycles. The smallest absolute Gasteiger partial charge is 0.269 e. The van der Waals surface area contributed by atoms with E-state index < -0.39 is 4.92 Å². The van der Waals surface area contributed by atoms with E-state index in [2.05, 4.69) is 4.98 Å². The molecule has 9 nitrogen and oxygen atoms in total. The summed E-state index contributed by atoms with van der Waals surface area (Å²) in [6.45, 7) is 0. The molecule has 4 aromatic rings. The van der Waals surface area contributed by atoms with Crippen LogP contribution in [-0.2, 0) is 0 Å². The average Bonchev–Trinajstić information content (AvgIpc) is 3.06. The quantitative estimate of drug-likeness (QED) is 0.417. The number of nitrogens with zero attached hydrogens (tertiary/aromatic N) is 4. The van der Waals surface area contributed by atoms with E-state index in [0.717, 1.165) is 10.2 Å². The fourth-order valence-corrected chi connectivity index (χ4v) is 3.75. The van der Waals surface area contributed by atoms with E-state index in [0.29, 0.717) is 10.7 Å². The molecule has 0 radical (unpaired) electrons. The Labute approximate surface area is 161 Å². The Balaban J connectivity index is 1.86. The standard InChI is InChI=1S/C18H11N5O4S/c1-26-12-6-7-14-15(8-12)28-18-21-17(13(9-19)16(20)22(14)18)27-11-4-2-10(3-5-11)23(24)25/h2-8,20H,1H3. The van der Waals surface area contributed by atoms with Crippen molar-refractivity contribution < 1.29 is 14.4 Å². The van der Waals surface area contributed by atoms with Gasteiger partial charge in [-0.3, -0.25) is 19.9 Å². The molecule has 2 aromatic carbocycles. The van der Waals surface area contributed by atoms with Gasteiger partial charge in [0.05, 0.1) is 22.2 Å². The highest BCUT2D eigenvalue weighted by Crippen LogP contribution is 2.30. The molecule has 0 spiro atoms. The molecule has 2 aromatic heterocycles. The second kappa shape index (κ2) is 6.64. The normalized spacial score (nSPS) is 10.7. The summed E-state index contributed by atoms with van der Waals surface area (Å²) in [7, 11) is 1.57. The molecule has 0 unspecified atom stereocenters. The molecule has 0 bridgehead atoms. The molecule has 1 N–H and O–H groups in total. The Morgan fingerprint density at radius 1 is 1.25 bits per heavy atom. The van der Waals surface area contributed by atoms with E-state index in [1.807, 2.05) is 12.1 Å². The number of fused-ring (bicyclic) bond motifs is 3. The number of nitriles is 1. The number of ether oxygens (including phenoxy) is 2. The van der Waals surface area contributed by atoms with Crippen molar-refractivity contribution in [2.75, 3.05) is 7.11 Å². The highest BCUT2D eigenvalue weighted by Gasteiger charge is 2.17. The van der Waals surface area contributed by atoms with Crippen molar-refractivity contribution in [3.8, 4) is 23.4 Å². The van der Waals surface area contributed by atoms with E-state index in [9.17, 15) is 15.4 Å². The molecule has 0 amide bonds. The van der Waals surface area contributed by atoms with Crippen LogP contribution < -0.4 is 15.0 Å². The second-order valence-corrected chi connectivity index (χ2v) is 6.67. The minimum atomic E-state index is -0.515. The van der Waals surface area contributed by atoms with Gasteiger partial charge in [-0.2, -0.15) is 10.2 Å². The number of hydrogen-bond donors (Lipinski definition) is 1. The summed E-state index contributed by atoms with van der Waals surface area (Å²) in [5, 5.41) is 28.7. The third-order valence-corrected chi connectivity index (χ3v) is 5.05. The molecule has 0 saturated heterocycles. The maximum Gasteiger partial charge on any atom is 0.269 e. The second-order valence-electron chi connectivity index (χ2n) is 5.66. The van der Waals surface area contributed by atoms with Gasteiger partial charge < -0.3 is 9.47 Å². The zero-order valence-corrected chi connectivity index (χ0v) is 15.2. The summed E-state index contributed by atoms with van der Waals surface area (Å²) < 4.78 is 13.3. The molecule has 28 heavy (non-hydrogen) atoms. The summed E-state index contributed by atoms with van der Waals surface area (Å²) in [6.07, 6.45) is 0. The van der Waals surface area contributed by atoms with Crippen LogP contribution in [0.3, 0.4) is 0 Å². The Bertz CT molecular complexity index is 1330. The lowest BCUT2D eigenvalue weighted by atomic mass is 10.3. The topological polar surface area (TPSA) is 127 Å². The van der Waals surface area contributed by atoms with Crippen LogP contribution in [0.4, 0.5) is 5.69 Å². The average molecular weight is 393 g/mol. The third kappa shape index (κ3) is 2.80. The lowest BCUT2D eigenvalue weighted by Crippen LogP contribution is -2.18. The highest BCUT2D eigenvalue weighted by molar-refractivity contribution is 7.23. The summed E-state index contributed by atoms with van der Waals surface area (Å²) in [5.41, 5.74) is 0.565. The van der Waals surface area contributed by atoms with Crippen LogP contribution in [0, 0.1) is 26.9 Å². The molecule has 4 rings (SSSR count). The number of nitro benzene ring substituents is 1. The van der Waals surface area contributed by atoms with Crippen LogP contribution in [0.25, 0.3) is 15.2 Å². The maximum absolute atomic E-state index is 10.8. The van der Waals surface area contributed by atoms with E-state index in [-0.39, 0.29) is 28.4 Å². The predicted molar refractivity (Wildman–Crippen MR) is 101 cm³/mol. The minimum Gasteiger partial charge on any atom is -0.497 e. The van der Waals surface area contributed by atoms with Crippen molar-refractivity contribution in [1.29, 1.82) is 10.7 Å². The first-order valence-corrected chi connectivity index (χ1v) is 8.74. The minimum absolute atomic E-state index is 0.0279. The Hall–Kier alpha value is -3.97. The zero-order valence-electron chi connectivity index (χ0n) is 14.4. The van der Waals surface area contributed by atoms with E-state index in [4.69, 9.17) is 14.9 Å². The summed E-state index contributed by atoms with van der Waals surface area (Å²) in [4.78, 5) is 15.1. The number of methoxy groups -OCH3 is 1. The number of hydrogen-bond acceptors (Lipinski definition) is 8. The third-order valence-electron chi connectivity index (χ3n) is 4.05. The molecule has 10 heteroatoms. The Morgan fingerprint density at radius 3 is 2.61 bits per heavy atom. The molecule has 0 aliphatic carbocycles. The van der Waals surface area contributed by atoms with Gasteiger partial charge in [0.15, 0.2) is 16.0 Å². The molecule has 0 fully saturated rings. The number of rotatable bonds is 4. The van der Waals surface area contributed by atoms with Crippen molar-refractivity contribution in [2.24, 2.45) is 0 Å². The van der Waals surface area contributed by atoms with Gasteiger partial charge in [-0.05, 0) is 30.3 Å². The van der Waals surface area contributed by atoms with Crippen LogP contribution in [0.2, 0.25) is 0 Å². The van der Waals surface area contributed by atoms with Gasteiger partial charge in [-0.25, -0.2) is 0 Å². The van der Waals surface area contributed by atoms with Crippen molar-refractivity contribution in [1.82, 2.24) is 9.38 Å². The van der Waals surface area contributed by atoms with Crippen LogP contribution in [0.1, 0.15) is 5.56 Å².